The Hall–Kier alpha value is -6.74. The van der Waals surface area contributed by atoms with Gasteiger partial charge in [0.25, 0.3) is 0 Å². The van der Waals surface area contributed by atoms with E-state index in [-0.39, 0.29) is 0 Å². The maximum Gasteiger partial charge on any atom is 0.0640 e. The van der Waals surface area contributed by atoms with Crippen LogP contribution in [-0.2, 0) is 0 Å². The van der Waals surface area contributed by atoms with Crippen LogP contribution in [0.4, 0.5) is 17.1 Å². The second-order valence-corrected chi connectivity index (χ2v) is 14.7. The lowest BCUT2D eigenvalue weighted by Crippen LogP contribution is -2.11. The molecule has 0 bridgehead atoms. The molecule has 0 N–H and O–H groups in total. The standard InChI is InChI=1S/C52H35NS/c1-4-16-38(17-5-1)44-23-12-13-25-48(44)53(43-31-29-37(30-32-43)42-28-27-36-15-10-11-22-41(36)35-42)49-26-14-24-47-50-45(39-18-6-2-7-19-39)33-34-46(52(50)54-51(47)49)40-20-8-3-9-21-40/h1-35H. The van der Waals surface area contributed by atoms with E-state index >= 15 is 0 Å². The highest BCUT2D eigenvalue weighted by atomic mass is 32.1. The number of nitrogens with zero attached hydrogens (tertiary/aromatic N) is 1. The van der Waals surface area contributed by atoms with E-state index in [9.17, 15) is 0 Å². The third-order valence-corrected chi connectivity index (χ3v) is 11.7. The summed E-state index contributed by atoms with van der Waals surface area (Å²) in [5.74, 6) is 0. The predicted molar refractivity (Wildman–Crippen MR) is 233 cm³/mol. The Labute approximate surface area is 319 Å². The highest BCUT2D eigenvalue weighted by Crippen LogP contribution is 2.51. The van der Waals surface area contributed by atoms with E-state index in [1.807, 2.05) is 11.3 Å². The Morgan fingerprint density at radius 2 is 0.870 bits per heavy atom. The van der Waals surface area contributed by atoms with Crippen LogP contribution in [0.15, 0.2) is 212 Å². The van der Waals surface area contributed by atoms with Crippen LogP contribution in [0.3, 0.4) is 0 Å². The van der Waals surface area contributed by atoms with Crippen molar-refractivity contribution in [3.8, 4) is 44.5 Å². The molecule has 0 atom stereocenters. The molecule has 0 radical (unpaired) electrons. The third kappa shape index (κ3) is 5.65. The van der Waals surface area contributed by atoms with Gasteiger partial charge in [0.2, 0.25) is 0 Å². The second-order valence-electron chi connectivity index (χ2n) is 13.7. The molecule has 0 aliphatic rings. The van der Waals surface area contributed by atoms with Gasteiger partial charge in [-0.3, -0.25) is 0 Å². The summed E-state index contributed by atoms with van der Waals surface area (Å²) < 4.78 is 2.56. The summed E-state index contributed by atoms with van der Waals surface area (Å²) in [6, 6.07) is 77.0. The average Bonchev–Trinajstić information content (AvgIpc) is 3.65. The minimum absolute atomic E-state index is 1.11. The first-order valence-corrected chi connectivity index (χ1v) is 19.2. The van der Waals surface area contributed by atoms with Crippen LogP contribution in [0.2, 0.25) is 0 Å². The van der Waals surface area contributed by atoms with E-state index in [0.29, 0.717) is 0 Å². The van der Waals surface area contributed by atoms with Crippen LogP contribution in [0, 0.1) is 0 Å². The number of fused-ring (bicyclic) bond motifs is 4. The first kappa shape index (κ1) is 32.0. The molecule has 10 rings (SSSR count). The summed E-state index contributed by atoms with van der Waals surface area (Å²) in [7, 11) is 0. The number of hydrogen-bond acceptors (Lipinski definition) is 2. The Morgan fingerprint density at radius 3 is 1.59 bits per heavy atom. The number of rotatable bonds is 7. The van der Waals surface area contributed by atoms with Gasteiger partial charge in [-0.15, -0.1) is 11.3 Å². The minimum atomic E-state index is 1.11. The summed E-state index contributed by atoms with van der Waals surface area (Å²) in [6.45, 7) is 0. The molecule has 0 saturated carbocycles. The zero-order valence-electron chi connectivity index (χ0n) is 29.6. The minimum Gasteiger partial charge on any atom is -0.308 e. The van der Waals surface area contributed by atoms with E-state index in [1.165, 1.54) is 75.5 Å². The molecular weight excluding hydrogens is 671 g/mol. The number of anilines is 3. The van der Waals surface area contributed by atoms with Gasteiger partial charge in [0.15, 0.2) is 0 Å². The van der Waals surface area contributed by atoms with Gasteiger partial charge in [-0.25, -0.2) is 0 Å². The van der Waals surface area contributed by atoms with Gasteiger partial charge in [-0.2, -0.15) is 0 Å². The third-order valence-electron chi connectivity index (χ3n) is 10.5. The van der Waals surface area contributed by atoms with Crippen molar-refractivity contribution in [2.45, 2.75) is 0 Å². The second kappa shape index (κ2) is 13.7. The Bertz CT molecular complexity index is 2910. The number of thiophene rings is 1. The summed E-state index contributed by atoms with van der Waals surface area (Å²) in [6.07, 6.45) is 0. The first-order valence-electron chi connectivity index (χ1n) is 18.4. The molecule has 0 fully saturated rings. The van der Waals surface area contributed by atoms with Crippen LogP contribution < -0.4 is 4.90 Å². The van der Waals surface area contributed by atoms with Crippen LogP contribution in [0.5, 0.6) is 0 Å². The molecule has 0 unspecified atom stereocenters. The van der Waals surface area contributed by atoms with E-state index in [4.69, 9.17) is 0 Å². The quantitative estimate of drug-likeness (QED) is 0.160. The van der Waals surface area contributed by atoms with Gasteiger partial charge in [0.05, 0.1) is 16.1 Å². The lowest BCUT2D eigenvalue weighted by Gasteiger charge is -2.28. The molecule has 0 amide bonds. The van der Waals surface area contributed by atoms with Gasteiger partial charge < -0.3 is 4.90 Å². The van der Waals surface area contributed by atoms with Crippen molar-refractivity contribution < 1.29 is 0 Å². The maximum absolute atomic E-state index is 2.47. The Balaban J connectivity index is 1.22. The molecule has 0 aliphatic heterocycles. The summed E-state index contributed by atoms with van der Waals surface area (Å²) in [5, 5.41) is 5.06. The van der Waals surface area contributed by atoms with Crippen molar-refractivity contribution in [2.24, 2.45) is 0 Å². The van der Waals surface area contributed by atoms with E-state index in [1.54, 1.807) is 0 Å². The van der Waals surface area contributed by atoms with Gasteiger partial charge >= 0.3 is 0 Å². The zero-order chi connectivity index (χ0) is 35.8. The fourth-order valence-electron chi connectivity index (χ4n) is 7.88. The van der Waals surface area contributed by atoms with Crippen LogP contribution in [-0.4, -0.2) is 0 Å². The summed E-state index contributed by atoms with van der Waals surface area (Å²) >= 11 is 1.90. The lowest BCUT2D eigenvalue weighted by molar-refractivity contribution is 1.30. The van der Waals surface area contributed by atoms with E-state index in [2.05, 4.69) is 217 Å². The number of benzene rings is 9. The van der Waals surface area contributed by atoms with Gasteiger partial charge in [-0.1, -0.05) is 182 Å². The van der Waals surface area contributed by atoms with Crippen molar-refractivity contribution >= 4 is 59.3 Å². The van der Waals surface area contributed by atoms with E-state index in [0.717, 1.165) is 17.1 Å². The largest absolute Gasteiger partial charge is 0.308 e. The van der Waals surface area contributed by atoms with Gasteiger partial charge in [-0.05, 0) is 80.0 Å². The van der Waals surface area contributed by atoms with Crippen LogP contribution in [0.1, 0.15) is 0 Å². The lowest BCUT2D eigenvalue weighted by atomic mass is 9.94. The maximum atomic E-state index is 2.47. The number of hydrogen-bond donors (Lipinski definition) is 0. The number of para-hydroxylation sites is 1. The van der Waals surface area contributed by atoms with Crippen molar-refractivity contribution in [1.29, 1.82) is 0 Å². The van der Waals surface area contributed by atoms with Crippen molar-refractivity contribution in [1.82, 2.24) is 0 Å². The molecule has 1 aromatic heterocycles. The molecule has 2 heteroatoms. The highest BCUT2D eigenvalue weighted by Gasteiger charge is 2.23. The van der Waals surface area contributed by atoms with Crippen LogP contribution in [0.25, 0.3) is 75.5 Å². The predicted octanol–water partition coefficient (Wildman–Crippen LogP) is 15.3. The molecule has 254 valence electrons. The van der Waals surface area contributed by atoms with Gasteiger partial charge in [0.1, 0.15) is 0 Å². The molecule has 54 heavy (non-hydrogen) atoms. The molecule has 1 heterocycles. The fraction of sp³-hybridized carbons (Fsp3) is 0. The Kier molecular flexibility index (Phi) is 8.09. The molecular formula is C52H35NS. The van der Waals surface area contributed by atoms with Gasteiger partial charge in [0, 0.05) is 26.7 Å². The van der Waals surface area contributed by atoms with Crippen LogP contribution >= 0.6 is 11.3 Å². The monoisotopic (exact) mass is 705 g/mol. The average molecular weight is 706 g/mol. The zero-order valence-corrected chi connectivity index (χ0v) is 30.4. The van der Waals surface area contributed by atoms with Crippen molar-refractivity contribution in [3.05, 3.63) is 212 Å². The molecule has 9 aromatic carbocycles. The van der Waals surface area contributed by atoms with E-state index < -0.39 is 0 Å². The summed E-state index contributed by atoms with van der Waals surface area (Å²) in [5.41, 5.74) is 13.2. The fourth-order valence-corrected chi connectivity index (χ4v) is 9.24. The highest BCUT2D eigenvalue weighted by molar-refractivity contribution is 7.27. The topological polar surface area (TPSA) is 3.24 Å². The molecule has 10 aromatic rings. The van der Waals surface area contributed by atoms with Crippen molar-refractivity contribution in [3.63, 3.8) is 0 Å². The summed E-state index contributed by atoms with van der Waals surface area (Å²) in [4.78, 5) is 2.47. The molecule has 1 nitrogen and oxygen atoms in total. The normalized spacial score (nSPS) is 11.3. The molecule has 0 aliphatic carbocycles. The van der Waals surface area contributed by atoms with Crippen molar-refractivity contribution in [2.75, 3.05) is 4.90 Å². The SMILES string of the molecule is c1ccc(-c2ccccc2N(c2ccc(-c3ccc4ccccc4c3)cc2)c2cccc3c2sc2c(-c4ccccc4)ccc(-c4ccccc4)c23)cc1. The molecule has 0 spiro atoms. The molecule has 0 saturated heterocycles. The smallest absolute Gasteiger partial charge is 0.0640 e. The Morgan fingerprint density at radius 1 is 0.315 bits per heavy atom. The first-order chi connectivity index (χ1) is 26.8.